The van der Waals surface area contributed by atoms with Crippen LogP contribution in [-0.4, -0.2) is 23.0 Å². The van der Waals surface area contributed by atoms with Gasteiger partial charge in [-0.3, -0.25) is 4.79 Å². The summed E-state index contributed by atoms with van der Waals surface area (Å²) in [6.45, 7) is 0.446. The number of benzene rings is 1. The number of hydrogen-bond donors (Lipinski definition) is 2. The van der Waals surface area contributed by atoms with Gasteiger partial charge in [-0.1, -0.05) is 28.8 Å². The Bertz CT molecular complexity index is 1060. The van der Waals surface area contributed by atoms with Gasteiger partial charge in [0.25, 0.3) is 5.56 Å². The molecule has 1 aromatic carbocycles. The molecule has 0 fully saturated rings. The van der Waals surface area contributed by atoms with E-state index in [0.717, 1.165) is 10.8 Å². The number of rotatable bonds is 3. The van der Waals surface area contributed by atoms with Gasteiger partial charge in [-0.05, 0) is 11.5 Å². The predicted octanol–water partition coefficient (Wildman–Crippen LogP) is 1.47. The summed E-state index contributed by atoms with van der Waals surface area (Å²) in [5.74, 6) is 1.36. The molecule has 110 valence electrons. The molecule has 0 aliphatic rings. The van der Waals surface area contributed by atoms with Crippen molar-refractivity contribution in [2.24, 2.45) is 0 Å². The molecule has 0 saturated carbocycles. The van der Waals surface area contributed by atoms with Crippen LogP contribution in [0.5, 0.6) is 0 Å². The van der Waals surface area contributed by atoms with Crippen molar-refractivity contribution in [2.75, 3.05) is 5.32 Å². The van der Waals surface area contributed by atoms with Crippen LogP contribution in [0.15, 0.2) is 52.0 Å². The third-order valence-electron chi connectivity index (χ3n) is 3.66. The second-order valence-corrected chi connectivity index (χ2v) is 5.16. The first kappa shape index (κ1) is 13.6. The van der Waals surface area contributed by atoms with E-state index in [1.54, 1.807) is 36.7 Å². The van der Waals surface area contributed by atoms with E-state index < -0.39 is 0 Å². The number of fused-ring (bicyclic) bond motifs is 3. The quantitative estimate of drug-likeness (QED) is 0.442. The first-order valence-electron chi connectivity index (χ1n) is 7.06. The number of nitrogens with zero attached hydrogens (tertiary/aromatic N) is 2. The van der Waals surface area contributed by atoms with Crippen molar-refractivity contribution in [3.63, 3.8) is 0 Å². The number of hydrogen-bond acceptors (Lipinski definition) is 5. The Morgan fingerprint density at radius 3 is 2.96 bits per heavy atom. The molecule has 0 saturated heterocycles. The van der Waals surface area contributed by atoms with Crippen LogP contribution in [-0.2, 0) is 6.54 Å². The van der Waals surface area contributed by atoms with Crippen molar-refractivity contribution in [1.29, 1.82) is 0 Å². The fourth-order valence-electron chi connectivity index (χ4n) is 2.62. The first-order valence-corrected chi connectivity index (χ1v) is 7.06. The van der Waals surface area contributed by atoms with Gasteiger partial charge in [-0.25, -0.2) is 4.98 Å². The Morgan fingerprint density at radius 2 is 2.13 bits per heavy atom. The molecule has 4 aromatic rings. The van der Waals surface area contributed by atoms with E-state index >= 15 is 0 Å². The highest BCUT2D eigenvalue weighted by Gasteiger charge is 2.11. The molecule has 0 amide bonds. The van der Waals surface area contributed by atoms with Gasteiger partial charge in [-0.15, -0.1) is 0 Å². The number of nitrogens with one attached hydrogen (secondary N) is 2. The number of anilines is 1. The van der Waals surface area contributed by atoms with Crippen molar-refractivity contribution in [3.8, 4) is 0 Å². The van der Waals surface area contributed by atoms with E-state index in [1.165, 1.54) is 0 Å². The molecule has 23 heavy (non-hydrogen) atoms. The summed E-state index contributed by atoms with van der Waals surface area (Å²) in [5, 5.41) is 9.01. The lowest BCUT2D eigenvalue weighted by Gasteiger charge is -2.11. The normalized spacial score (nSPS) is 11.1. The second-order valence-electron chi connectivity index (χ2n) is 5.16. The lowest BCUT2D eigenvalue weighted by molar-refractivity contribution is 0.388. The Hall–Kier alpha value is -3.09. The Morgan fingerprint density at radius 1 is 1.22 bits per heavy atom. The zero-order chi connectivity index (χ0) is 15.8. The summed E-state index contributed by atoms with van der Waals surface area (Å²) < 4.78 is 5.08. The number of aromatic nitrogens is 3. The smallest absolute Gasteiger partial charge is 0.258 e. The highest BCUT2D eigenvalue weighted by atomic mass is 16.5. The molecule has 3 heterocycles. The van der Waals surface area contributed by atoms with Crippen LogP contribution in [0.4, 0.5) is 5.82 Å². The van der Waals surface area contributed by atoms with Gasteiger partial charge in [0, 0.05) is 17.6 Å². The van der Waals surface area contributed by atoms with Crippen LogP contribution < -0.4 is 16.3 Å². The fourth-order valence-corrected chi connectivity index (χ4v) is 2.62. The summed E-state index contributed by atoms with van der Waals surface area (Å²) in [6.07, 6.45) is 3.17. The van der Waals surface area contributed by atoms with E-state index in [1.807, 2.05) is 6.07 Å². The van der Waals surface area contributed by atoms with Gasteiger partial charge in [0.1, 0.15) is 13.7 Å². The minimum atomic E-state index is -0.188. The van der Waals surface area contributed by atoms with Gasteiger partial charge >= 0.3 is 0 Å². The first-order chi connectivity index (χ1) is 11.2. The van der Waals surface area contributed by atoms with Gasteiger partial charge in [0.15, 0.2) is 5.76 Å². The molecule has 7 heteroatoms. The molecule has 0 aliphatic heterocycles. The lowest BCUT2D eigenvalue weighted by atomic mass is 9.92. The molecule has 0 unspecified atom stereocenters. The summed E-state index contributed by atoms with van der Waals surface area (Å²) in [5.41, 5.74) is 1.01. The number of pyridine rings is 2. The van der Waals surface area contributed by atoms with E-state index in [2.05, 4.69) is 20.4 Å². The van der Waals surface area contributed by atoms with Crippen molar-refractivity contribution < 1.29 is 4.52 Å². The molecule has 2 radical (unpaired) electrons. The maximum Gasteiger partial charge on any atom is 0.258 e. The second kappa shape index (κ2) is 5.28. The van der Waals surface area contributed by atoms with Crippen LogP contribution in [0.3, 0.4) is 0 Å². The maximum absolute atomic E-state index is 12.2. The largest absolute Gasteiger partial charge is 0.362 e. The molecular weight excluding hydrogens is 291 g/mol. The molecule has 2 N–H and O–H groups in total. The van der Waals surface area contributed by atoms with E-state index in [4.69, 9.17) is 12.4 Å². The average molecular weight is 302 g/mol. The summed E-state index contributed by atoms with van der Waals surface area (Å²) in [4.78, 5) is 19.4. The van der Waals surface area contributed by atoms with E-state index in [-0.39, 0.29) is 5.56 Å². The van der Waals surface area contributed by atoms with Gasteiger partial charge < -0.3 is 14.8 Å². The van der Waals surface area contributed by atoms with Gasteiger partial charge in [-0.2, -0.15) is 0 Å². The highest BCUT2D eigenvalue weighted by Crippen LogP contribution is 2.26. The monoisotopic (exact) mass is 302 g/mol. The molecule has 3 aromatic heterocycles. The van der Waals surface area contributed by atoms with Crippen LogP contribution in [0.25, 0.3) is 21.7 Å². The number of H-pyrrole nitrogens is 1. The molecule has 0 spiro atoms. The number of aromatic amines is 1. The van der Waals surface area contributed by atoms with E-state index in [0.29, 0.717) is 34.5 Å². The lowest BCUT2D eigenvalue weighted by Crippen LogP contribution is -2.10. The highest BCUT2D eigenvalue weighted by molar-refractivity contribution is 6.34. The Balaban J connectivity index is 1.94. The van der Waals surface area contributed by atoms with Gasteiger partial charge in [0.2, 0.25) is 0 Å². The van der Waals surface area contributed by atoms with Crippen molar-refractivity contribution in [3.05, 3.63) is 58.8 Å². The molecule has 0 bridgehead atoms. The van der Waals surface area contributed by atoms with Crippen molar-refractivity contribution >= 4 is 40.8 Å². The minimum Gasteiger partial charge on any atom is -0.362 e. The van der Waals surface area contributed by atoms with Crippen molar-refractivity contribution in [1.82, 2.24) is 15.1 Å². The van der Waals surface area contributed by atoms with Crippen LogP contribution >= 0.6 is 0 Å². The predicted molar refractivity (Wildman–Crippen MR) is 89.1 cm³/mol. The third-order valence-corrected chi connectivity index (χ3v) is 3.66. The summed E-state index contributed by atoms with van der Waals surface area (Å²) in [7, 11) is 5.89. The zero-order valence-corrected chi connectivity index (χ0v) is 12.0. The van der Waals surface area contributed by atoms with E-state index in [9.17, 15) is 4.79 Å². The Labute approximate surface area is 131 Å². The summed E-state index contributed by atoms with van der Waals surface area (Å²) in [6, 6.07) is 8.96. The fraction of sp³-hybridized carbons (Fsp3) is 0.0625. The molecule has 6 nitrogen and oxygen atoms in total. The van der Waals surface area contributed by atoms with Crippen LogP contribution in [0, 0.1) is 0 Å². The third kappa shape index (κ3) is 2.36. The van der Waals surface area contributed by atoms with Crippen LogP contribution in [0.1, 0.15) is 5.76 Å². The summed E-state index contributed by atoms with van der Waals surface area (Å²) >= 11 is 0. The van der Waals surface area contributed by atoms with Crippen LogP contribution in [0.2, 0.25) is 0 Å². The zero-order valence-electron chi connectivity index (χ0n) is 12.0. The van der Waals surface area contributed by atoms with Gasteiger partial charge in [0.05, 0.1) is 23.6 Å². The topological polar surface area (TPSA) is 83.8 Å². The molecule has 0 atom stereocenters. The average Bonchev–Trinajstić information content (AvgIpc) is 3.05. The molecular formula is C16H11BN4O2. The Kier molecular flexibility index (Phi) is 3.11. The van der Waals surface area contributed by atoms with Crippen molar-refractivity contribution in [2.45, 2.75) is 6.54 Å². The maximum atomic E-state index is 12.2. The minimum absolute atomic E-state index is 0.188. The molecule has 4 rings (SSSR count). The SMILES string of the molecule is [B]c1ccc2c(NCc3ccno3)nc3cc[nH]c(=O)c3c2c1. The molecule has 0 aliphatic carbocycles. The standard InChI is InChI=1S/C16H11BN4O2/c17-9-1-2-11-12(7-9)14-13(4-5-18-16(14)22)21-15(11)19-8-10-3-6-20-23-10/h1-7H,8H2,(H,18,22)(H,19,21).